The molecule has 1 amide bonds. The smallest absolute Gasteiger partial charge is 0.393 e. The molecule has 0 aliphatic heterocycles. The van der Waals surface area contributed by atoms with E-state index in [2.05, 4.69) is 55.6 Å². The number of nitrogens with one attached hydrogen (secondary N) is 1. The lowest BCUT2D eigenvalue weighted by molar-refractivity contribution is -0.124. The maximum Gasteiger partial charge on any atom is 0.472 e. The van der Waals surface area contributed by atoms with E-state index in [-0.39, 0.29) is 19.6 Å². The van der Waals surface area contributed by atoms with Crippen LogP contribution in [0.15, 0.2) is 48.6 Å². The number of phosphoric acid groups is 1. The molecule has 0 aliphatic carbocycles. The van der Waals surface area contributed by atoms with E-state index in [0.29, 0.717) is 12.8 Å². The van der Waals surface area contributed by atoms with Crippen molar-refractivity contribution in [2.24, 2.45) is 5.73 Å². The number of amides is 1. The van der Waals surface area contributed by atoms with Gasteiger partial charge in [0.1, 0.15) is 0 Å². The highest BCUT2D eigenvalue weighted by Gasteiger charge is 2.27. The Morgan fingerprint density at radius 1 is 0.667 bits per heavy atom. The van der Waals surface area contributed by atoms with Crippen molar-refractivity contribution < 1.29 is 33.5 Å². The fourth-order valence-electron chi connectivity index (χ4n) is 5.54. The van der Waals surface area contributed by atoms with E-state index in [0.717, 1.165) is 51.4 Å². The van der Waals surface area contributed by atoms with Crippen molar-refractivity contribution in [3.05, 3.63) is 48.6 Å². The van der Waals surface area contributed by atoms with Crippen LogP contribution >= 0.6 is 7.82 Å². The number of carbonyl (C=O) groups is 1. The number of allylic oxidation sites excluding steroid dienone is 7. The monoisotopic (exact) mass is 741 g/mol. The number of nitrogens with two attached hydrogens (primary N) is 1. The molecule has 0 aromatic carbocycles. The molecule has 0 spiro atoms. The van der Waals surface area contributed by atoms with Gasteiger partial charge in [-0.15, -0.1) is 0 Å². The van der Waals surface area contributed by atoms with Crippen molar-refractivity contribution in [1.82, 2.24) is 5.32 Å². The molecule has 6 N–H and O–H groups in total. The standard InChI is InChI=1S/C41H77N2O7P/c1-3-5-7-9-11-13-14-15-16-17-18-19-20-21-22-23-24-25-27-29-31-33-40(45)39(37-50-51(47,48)49-35-34-42)43-41(46)36-38(44)32-30-28-26-12-10-8-6-4-2/h10,12,20-21,24-25,31,33,38-40,44-45H,3-9,11,13-19,22-23,26-30,32,34-37,42H2,1-2H3,(H,43,46)(H,47,48)/b12-10-,21-20+,25-24+,33-31+. The van der Waals surface area contributed by atoms with Gasteiger partial charge in [0.15, 0.2) is 0 Å². The summed E-state index contributed by atoms with van der Waals surface area (Å²) in [5, 5.41) is 23.8. The van der Waals surface area contributed by atoms with E-state index < -0.39 is 38.6 Å². The zero-order valence-electron chi connectivity index (χ0n) is 32.4. The molecular formula is C41H77N2O7P. The predicted octanol–water partition coefficient (Wildman–Crippen LogP) is 9.91. The van der Waals surface area contributed by atoms with Crippen LogP contribution < -0.4 is 11.1 Å². The Kier molecular flexibility index (Phi) is 35.6. The second-order valence-electron chi connectivity index (χ2n) is 13.7. The third-order valence-electron chi connectivity index (χ3n) is 8.66. The van der Waals surface area contributed by atoms with Crippen molar-refractivity contribution in [3.8, 4) is 0 Å². The molecule has 0 fully saturated rings. The summed E-state index contributed by atoms with van der Waals surface area (Å²) in [7, 11) is -4.41. The summed E-state index contributed by atoms with van der Waals surface area (Å²) < 4.78 is 22.0. The van der Waals surface area contributed by atoms with E-state index in [1.807, 2.05) is 6.08 Å². The van der Waals surface area contributed by atoms with Gasteiger partial charge in [0.05, 0.1) is 37.9 Å². The maximum absolute atomic E-state index is 12.7. The molecule has 10 heteroatoms. The molecule has 0 aliphatic rings. The molecule has 298 valence electrons. The highest BCUT2D eigenvalue weighted by atomic mass is 31.2. The minimum atomic E-state index is -4.41. The number of rotatable bonds is 37. The van der Waals surface area contributed by atoms with Crippen LogP contribution in [0.1, 0.15) is 168 Å². The summed E-state index contributed by atoms with van der Waals surface area (Å²) in [5.74, 6) is -0.477. The first-order valence-corrected chi connectivity index (χ1v) is 21.8. The maximum atomic E-state index is 12.7. The van der Waals surface area contributed by atoms with Crippen molar-refractivity contribution in [2.75, 3.05) is 19.8 Å². The summed E-state index contributed by atoms with van der Waals surface area (Å²) in [6.07, 6.45) is 40.8. The molecule has 4 atom stereocenters. The third kappa shape index (κ3) is 35.2. The lowest BCUT2D eigenvalue weighted by atomic mass is 10.1. The number of unbranched alkanes of at least 4 members (excludes halogenated alkanes) is 17. The molecule has 0 saturated heterocycles. The van der Waals surface area contributed by atoms with Crippen LogP contribution in [-0.4, -0.2) is 59.0 Å². The normalized spacial score (nSPS) is 15.3. The average Bonchev–Trinajstić information content (AvgIpc) is 3.10. The minimum absolute atomic E-state index is 0.0388. The van der Waals surface area contributed by atoms with Gasteiger partial charge < -0.3 is 26.2 Å². The van der Waals surface area contributed by atoms with Gasteiger partial charge in [0.25, 0.3) is 0 Å². The van der Waals surface area contributed by atoms with Gasteiger partial charge in [-0.3, -0.25) is 13.8 Å². The van der Waals surface area contributed by atoms with E-state index >= 15 is 0 Å². The number of hydrogen-bond donors (Lipinski definition) is 5. The van der Waals surface area contributed by atoms with E-state index in [1.165, 1.54) is 83.5 Å². The van der Waals surface area contributed by atoms with Crippen LogP contribution in [0.3, 0.4) is 0 Å². The molecule has 0 saturated carbocycles. The fraction of sp³-hybridized carbons (Fsp3) is 0.780. The minimum Gasteiger partial charge on any atom is -0.393 e. The largest absolute Gasteiger partial charge is 0.472 e. The van der Waals surface area contributed by atoms with Gasteiger partial charge >= 0.3 is 7.82 Å². The Morgan fingerprint density at radius 3 is 1.69 bits per heavy atom. The number of phosphoric ester groups is 1. The highest BCUT2D eigenvalue weighted by Crippen LogP contribution is 2.43. The van der Waals surface area contributed by atoms with Crippen LogP contribution in [0.25, 0.3) is 0 Å². The van der Waals surface area contributed by atoms with Crippen LogP contribution in [0, 0.1) is 0 Å². The quantitative estimate of drug-likeness (QED) is 0.0240. The van der Waals surface area contributed by atoms with Gasteiger partial charge in [-0.1, -0.05) is 146 Å². The van der Waals surface area contributed by atoms with Crippen molar-refractivity contribution in [3.63, 3.8) is 0 Å². The van der Waals surface area contributed by atoms with Crippen LogP contribution in [0.4, 0.5) is 0 Å². The first-order chi connectivity index (χ1) is 24.8. The second kappa shape index (κ2) is 36.8. The topological polar surface area (TPSA) is 151 Å². The molecule has 4 unspecified atom stereocenters. The average molecular weight is 741 g/mol. The molecule has 51 heavy (non-hydrogen) atoms. The second-order valence-corrected chi connectivity index (χ2v) is 15.1. The Hall–Kier alpha value is -1.58. The summed E-state index contributed by atoms with van der Waals surface area (Å²) >= 11 is 0. The molecule has 0 heterocycles. The van der Waals surface area contributed by atoms with E-state index in [9.17, 15) is 24.5 Å². The zero-order valence-corrected chi connectivity index (χ0v) is 33.3. The summed E-state index contributed by atoms with van der Waals surface area (Å²) in [6, 6.07) is -1.01. The summed E-state index contributed by atoms with van der Waals surface area (Å²) in [6.45, 7) is 3.85. The van der Waals surface area contributed by atoms with E-state index in [4.69, 9.17) is 14.8 Å². The summed E-state index contributed by atoms with van der Waals surface area (Å²) in [5.41, 5.74) is 5.34. The Balaban J connectivity index is 4.41. The number of aliphatic hydroxyl groups excluding tert-OH is 2. The van der Waals surface area contributed by atoms with Crippen molar-refractivity contribution >= 4 is 13.7 Å². The number of carbonyl (C=O) groups excluding carboxylic acids is 1. The van der Waals surface area contributed by atoms with Gasteiger partial charge in [0.2, 0.25) is 5.91 Å². The van der Waals surface area contributed by atoms with Gasteiger partial charge in [-0.05, 0) is 64.2 Å². The number of hydrogen-bond acceptors (Lipinski definition) is 7. The van der Waals surface area contributed by atoms with Crippen LogP contribution in [0.5, 0.6) is 0 Å². The lowest BCUT2D eigenvalue weighted by Gasteiger charge is -2.24. The molecule has 0 aromatic rings. The molecular weight excluding hydrogens is 663 g/mol. The predicted molar refractivity (Wildman–Crippen MR) is 213 cm³/mol. The molecule has 0 aromatic heterocycles. The van der Waals surface area contributed by atoms with Gasteiger partial charge in [0, 0.05) is 6.54 Å². The Labute approximate surface area is 312 Å². The Bertz CT molecular complexity index is 956. The summed E-state index contributed by atoms with van der Waals surface area (Å²) in [4.78, 5) is 22.6. The molecule has 0 radical (unpaired) electrons. The van der Waals surface area contributed by atoms with Crippen LogP contribution in [0.2, 0.25) is 0 Å². The van der Waals surface area contributed by atoms with Gasteiger partial charge in [-0.25, -0.2) is 4.57 Å². The first kappa shape index (κ1) is 49.4. The molecule has 9 nitrogen and oxygen atoms in total. The lowest BCUT2D eigenvalue weighted by Crippen LogP contribution is -2.46. The Morgan fingerprint density at radius 2 is 1.14 bits per heavy atom. The van der Waals surface area contributed by atoms with Crippen LogP contribution in [-0.2, 0) is 18.4 Å². The highest BCUT2D eigenvalue weighted by molar-refractivity contribution is 7.47. The van der Waals surface area contributed by atoms with E-state index in [1.54, 1.807) is 6.08 Å². The first-order valence-electron chi connectivity index (χ1n) is 20.3. The molecule has 0 bridgehead atoms. The number of aliphatic hydroxyl groups is 2. The zero-order chi connectivity index (χ0) is 37.7. The van der Waals surface area contributed by atoms with Gasteiger partial charge in [-0.2, -0.15) is 0 Å². The SMILES string of the molecule is CCCC/C=C\CCCCC(O)CC(=O)NC(COP(=O)(O)OCCN)C(O)/C=C/CC/C=C/CC/C=C/CCCCCCCCCCCCC. The van der Waals surface area contributed by atoms with Crippen molar-refractivity contribution in [1.29, 1.82) is 0 Å². The molecule has 0 rings (SSSR count). The third-order valence-corrected chi connectivity index (χ3v) is 9.64. The van der Waals surface area contributed by atoms with Crippen molar-refractivity contribution in [2.45, 2.75) is 186 Å². The fourth-order valence-corrected chi connectivity index (χ4v) is 6.30.